The van der Waals surface area contributed by atoms with E-state index in [0.29, 0.717) is 0 Å². The highest BCUT2D eigenvalue weighted by Gasteiger charge is 2.06. The molecule has 0 saturated carbocycles. The zero-order valence-corrected chi connectivity index (χ0v) is 8.37. The Morgan fingerprint density at radius 3 is 2.36 bits per heavy atom. The minimum atomic E-state index is -0.0117. The molecule has 1 amide bonds. The lowest BCUT2D eigenvalue weighted by Crippen LogP contribution is -2.17. The molecule has 0 heterocycles. The summed E-state index contributed by atoms with van der Waals surface area (Å²) >= 11 is 0. The third-order valence-corrected chi connectivity index (χ3v) is 1.84. The van der Waals surface area contributed by atoms with Crippen molar-refractivity contribution in [3.8, 4) is 12.3 Å². The van der Waals surface area contributed by atoms with Gasteiger partial charge in [0.05, 0.1) is 0 Å². The van der Waals surface area contributed by atoms with Crippen LogP contribution in [0.15, 0.2) is 24.3 Å². The van der Waals surface area contributed by atoms with Crippen molar-refractivity contribution in [3.05, 3.63) is 29.8 Å². The van der Waals surface area contributed by atoms with Crippen molar-refractivity contribution in [1.29, 1.82) is 0 Å². The maximum absolute atomic E-state index is 11.3. The molecule has 0 aromatic heterocycles. The van der Waals surface area contributed by atoms with Gasteiger partial charge in [0.2, 0.25) is 5.91 Å². The van der Waals surface area contributed by atoms with Gasteiger partial charge >= 0.3 is 0 Å². The fourth-order valence-corrected chi connectivity index (χ4v) is 0.936. The molecule has 0 aliphatic heterocycles. The summed E-state index contributed by atoms with van der Waals surface area (Å²) in [6, 6.07) is 7.21. The van der Waals surface area contributed by atoms with Crippen LogP contribution in [0.4, 0.5) is 5.69 Å². The van der Waals surface area contributed by atoms with Crippen LogP contribution in [0.3, 0.4) is 0 Å². The van der Waals surface area contributed by atoms with Crippen LogP contribution >= 0.6 is 0 Å². The van der Waals surface area contributed by atoms with Gasteiger partial charge in [-0.2, -0.15) is 0 Å². The zero-order valence-electron chi connectivity index (χ0n) is 8.37. The molecule has 0 bridgehead atoms. The summed E-state index contributed by atoms with van der Waals surface area (Å²) in [4.78, 5) is 11.3. The number of terminal acetylenes is 1. The third-order valence-electron chi connectivity index (χ3n) is 1.84. The van der Waals surface area contributed by atoms with Gasteiger partial charge in [-0.05, 0) is 24.3 Å². The Hall–Kier alpha value is -1.75. The lowest BCUT2D eigenvalue weighted by atomic mass is 10.2. The first-order valence-corrected chi connectivity index (χ1v) is 4.51. The summed E-state index contributed by atoms with van der Waals surface area (Å²) in [6.45, 7) is 3.70. The Labute approximate surface area is 84.3 Å². The van der Waals surface area contributed by atoms with Gasteiger partial charge in [-0.1, -0.05) is 19.8 Å². The molecular weight excluding hydrogens is 174 g/mol. The molecule has 0 fully saturated rings. The second kappa shape index (κ2) is 4.48. The summed E-state index contributed by atoms with van der Waals surface area (Å²) in [7, 11) is 0. The second-order valence-corrected chi connectivity index (χ2v) is 3.37. The maximum atomic E-state index is 11.3. The van der Waals surface area contributed by atoms with Crippen molar-refractivity contribution in [1.82, 2.24) is 0 Å². The van der Waals surface area contributed by atoms with Crippen LogP contribution in [0.5, 0.6) is 0 Å². The topological polar surface area (TPSA) is 29.1 Å². The van der Waals surface area contributed by atoms with Crippen LogP contribution in [0.25, 0.3) is 0 Å². The van der Waals surface area contributed by atoms with Crippen LogP contribution in [0.2, 0.25) is 0 Å². The highest BCUT2D eigenvalue weighted by atomic mass is 16.1. The monoisotopic (exact) mass is 187 g/mol. The predicted molar refractivity (Wildman–Crippen MR) is 57.8 cm³/mol. The maximum Gasteiger partial charge on any atom is 0.226 e. The lowest BCUT2D eigenvalue weighted by Gasteiger charge is -2.07. The summed E-state index contributed by atoms with van der Waals surface area (Å²) < 4.78 is 0. The molecule has 72 valence electrons. The summed E-state index contributed by atoms with van der Waals surface area (Å²) in [5.74, 6) is 2.52. The average molecular weight is 187 g/mol. The predicted octanol–water partition coefficient (Wildman–Crippen LogP) is 2.26. The van der Waals surface area contributed by atoms with Gasteiger partial charge in [-0.25, -0.2) is 0 Å². The van der Waals surface area contributed by atoms with E-state index in [9.17, 15) is 4.79 Å². The molecule has 0 aliphatic rings. The van der Waals surface area contributed by atoms with E-state index >= 15 is 0 Å². The molecule has 0 radical (unpaired) electrons. The molecule has 1 rings (SSSR count). The SMILES string of the molecule is C#Cc1ccc(NC(=O)C(C)C)cc1. The number of benzene rings is 1. The Morgan fingerprint density at radius 1 is 1.36 bits per heavy atom. The van der Waals surface area contributed by atoms with E-state index in [1.165, 1.54) is 0 Å². The highest BCUT2D eigenvalue weighted by molar-refractivity contribution is 5.92. The molecule has 2 nitrogen and oxygen atoms in total. The fraction of sp³-hybridized carbons (Fsp3) is 0.250. The highest BCUT2D eigenvalue weighted by Crippen LogP contribution is 2.09. The van der Waals surface area contributed by atoms with E-state index in [4.69, 9.17) is 6.42 Å². The first kappa shape index (κ1) is 10.3. The molecule has 0 saturated heterocycles. The van der Waals surface area contributed by atoms with Crippen molar-refractivity contribution in [2.24, 2.45) is 5.92 Å². The number of hydrogen-bond acceptors (Lipinski definition) is 1. The van der Waals surface area contributed by atoms with Crippen molar-refractivity contribution in [2.45, 2.75) is 13.8 Å². The van der Waals surface area contributed by atoms with Gasteiger partial charge in [-0.3, -0.25) is 4.79 Å². The number of carbonyl (C=O) groups is 1. The minimum absolute atomic E-state index is 0.0117. The van der Waals surface area contributed by atoms with Gasteiger partial charge in [0.1, 0.15) is 0 Å². The first-order valence-electron chi connectivity index (χ1n) is 4.51. The normalized spacial score (nSPS) is 9.57. The van der Waals surface area contributed by atoms with Gasteiger partial charge in [-0.15, -0.1) is 6.42 Å². The third kappa shape index (κ3) is 2.63. The van der Waals surface area contributed by atoms with E-state index in [1.54, 1.807) is 24.3 Å². The smallest absolute Gasteiger partial charge is 0.226 e. The van der Waals surface area contributed by atoms with Gasteiger partial charge < -0.3 is 5.32 Å². The van der Waals surface area contributed by atoms with Crippen molar-refractivity contribution in [3.63, 3.8) is 0 Å². The van der Waals surface area contributed by atoms with E-state index < -0.39 is 0 Å². The molecule has 14 heavy (non-hydrogen) atoms. The van der Waals surface area contributed by atoms with E-state index in [-0.39, 0.29) is 11.8 Å². The van der Waals surface area contributed by atoms with Crippen LogP contribution in [0.1, 0.15) is 19.4 Å². The van der Waals surface area contributed by atoms with Crippen molar-refractivity contribution in [2.75, 3.05) is 5.32 Å². The Bertz CT molecular complexity index is 357. The van der Waals surface area contributed by atoms with Crippen LogP contribution in [-0.4, -0.2) is 5.91 Å². The van der Waals surface area contributed by atoms with E-state index in [1.807, 2.05) is 13.8 Å². The molecule has 1 N–H and O–H groups in total. The number of carbonyl (C=O) groups excluding carboxylic acids is 1. The Balaban J connectivity index is 2.70. The quantitative estimate of drug-likeness (QED) is 0.707. The number of nitrogens with one attached hydrogen (secondary N) is 1. The number of amides is 1. The number of anilines is 1. The van der Waals surface area contributed by atoms with Crippen LogP contribution in [0, 0.1) is 18.3 Å². The molecular formula is C12H13NO. The zero-order chi connectivity index (χ0) is 10.6. The van der Waals surface area contributed by atoms with Gasteiger partial charge in [0.25, 0.3) is 0 Å². The number of rotatable bonds is 2. The van der Waals surface area contributed by atoms with Gasteiger partial charge in [0.15, 0.2) is 0 Å². The molecule has 1 aromatic carbocycles. The molecule has 0 atom stereocenters. The Kier molecular flexibility index (Phi) is 3.30. The van der Waals surface area contributed by atoms with Crippen LogP contribution in [-0.2, 0) is 4.79 Å². The summed E-state index contributed by atoms with van der Waals surface area (Å²) in [5.41, 5.74) is 1.59. The molecule has 0 unspecified atom stereocenters. The van der Waals surface area contributed by atoms with Crippen molar-refractivity contribution < 1.29 is 4.79 Å². The van der Waals surface area contributed by atoms with E-state index in [2.05, 4.69) is 11.2 Å². The second-order valence-electron chi connectivity index (χ2n) is 3.37. The van der Waals surface area contributed by atoms with E-state index in [0.717, 1.165) is 11.3 Å². The standard InChI is InChI=1S/C12H13NO/c1-4-10-5-7-11(8-6-10)13-12(14)9(2)3/h1,5-9H,2-3H3,(H,13,14). The lowest BCUT2D eigenvalue weighted by molar-refractivity contribution is -0.118. The number of hydrogen-bond donors (Lipinski definition) is 1. The Morgan fingerprint density at radius 2 is 1.93 bits per heavy atom. The molecule has 0 aliphatic carbocycles. The largest absolute Gasteiger partial charge is 0.326 e. The molecule has 0 spiro atoms. The molecule has 1 aromatic rings. The van der Waals surface area contributed by atoms with Gasteiger partial charge in [0, 0.05) is 17.2 Å². The average Bonchev–Trinajstić information content (AvgIpc) is 2.19. The molecule has 2 heteroatoms. The fourth-order valence-electron chi connectivity index (χ4n) is 0.936. The van der Waals surface area contributed by atoms with Crippen molar-refractivity contribution >= 4 is 11.6 Å². The first-order chi connectivity index (χ1) is 6.63. The summed E-state index contributed by atoms with van der Waals surface area (Å²) in [6.07, 6.45) is 5.21. The van der Waals surface area contributed by atoms with Crippen LogP contribution < -0.4 is 5.32 Å². The minimum Gasteiger partial charge on any atom is -0.326 e. The summed E-state index contributed by atoms with van der Waals surface area (Å²) in [5, 5.41) is 2.79.